The number of benzene rings is 1. The zero-order valence-corrected chi connectivity index (χ0v) is 14.6. The molecular weight excluding hydrogens is 371 g/mol. The van der Waals surface area contributed by atoms with Crippen molar-refractivity contribution in [2.75, 3.05) is 5.32 Å². The smallest absolute Gasteiger partial charge is 0.350 e. The number of hydrogen-bond donors (Lipinski definition) is 3. The van der Waals surface area contributed by atoms with E-state index in [0.717, 1.165) is 37.8 Å². The van der Waals surface area contributed by atoms with E-state index in [1.54, 1.807) is 0 Å². The van der Waals surface area contributed by atoms with Crippen LogP contribution in [0.1, 0.15) is 37.7 Å². The van der Waals surface area contributed by atoms with Crippen LogP contribution in [0.25, 0.3) is 0 Å². The summed E-state index contributed by atoms with van der Waals surface area (Å²) in [6.45, 7) is 0. The fourth-order valence-electron chi connectivity index (χ4n) is 3.49. The molecule has 1 aliphatic carbocycles. The normalized spacial score (nSPS) is 26.0. The van der Waals surface area contributed by atoms with E-state index in [9.17, 15) is 22.8 Å². The quantitative estimate of drug-likeness (QED) is 0.744. The number of amides is 2. The Morgan fingerprint density at radius 3 is 2.62 bits per heavy atom. The van der Waals surface area contributed by atoms with Gasteiger partial charge in [-0.25, -0.2) is 0 Å². The number of rotatable bonds is 3. The Balaban J connectivity index is 1.63. The zero-order chi connectivity index (χ0) is 18.9. The molecule has 26 heavy (non-hydrogen) atoms. The topological polar surface area (TPSA) is 70.2 Å². The molecule has 2 fully saturated rings. The van der Waals surface area contributed by atoms with Crippen LogP contribution in [-0.2, 0) is 15.8 Å². The maximum atomic E-state index is 12.9. The van der Waals surface area contributed by atoms with E-state index in [0.29, 0.717) is 0 Å². The maximum Gasteiger partial charge on any atom is 0.417 e. The first-order valence-corrected chi connectivity index (χ1v) is 8.85. The molecule has 0 aromatic heterocycles. The summed E-state index contributed by atoms with van der Waals surface area (Å²) in [6, 6.07) is 2.68. The minimum atomic E-state index is -4.61. The maximum absolute atomic E-state index is 12.9. The molecule has 0 unspecified atom stereocenters. The van der Waals surface area contributed by atoms with Gasteiger partial charge >= 0.3 is 6.18 Å². The summed E-state index contributed by atoms with van der Waals surface area (Å²) in [7, 11) is 0. The van der Waals surface area contributed by atoms with Crippen LogP contribution in [0.5, 0.6) is 0 Å². The number of anilines is 1. The molecule has 2 aliphatic rings. The predicted octanol–water partition coefficient (Wildman–Crippen LogP) is 3.09. The number of carbonyl (C=O) groups excluding carboxylic acids is 2. The van der Waals surface area contributed by atoms with E-state index in [2.05, 4.69) is 16.0 Å². The highest BCUT2D eigenvalue weighted by Gasteiger charge is 2.37. The molecule has 1 aromatic carbocycles. The van der Waals surface area contributed by atoms with Crippen molar-refractivity contribution < 1.29 is 22.8 Å². The fraction of sp³-hybridized carbons (Fsp3) is 0.529. The summed E-state index contributed by atoms with van der Waals surface area (Å²) in [5.74, 6) is -0.794. The number of fused-ring (bicyclic) bond motifs is 1. The number of carbonyl (C=O) groups is 2. The van der Waals surface area contributed by atoms with Crippen LogP contribution in [0.4, 0.5) is 18.9 Å². The van der Waals surface area contributed by atoms with Gasteiger partial charge in [-0.1, -0.05) is 24.4 Å². The number of piperazine rings is 1. The van der Waals surface area contributed by atoms with Gasteiger partial charge in [-0.05, 0) is 31.0 Å². The van der Waals surface area contributed by atoms with Crippen molar-refractivity contribution in [3.63, 3.8) is 0 Å². The largest absolute Gasteiger partial charge is 0.417 e. The third-order valence-electron chi connectivity index (χ3n) is 4.77. The number of nitrogens with one attached hydrogen (secondary N) is 3. The lowest BCUT2D eigenvalue weighted by Crippen LogP contribution is -2.65. The van der Waals surface area contributed by atoms with Crippen molar-refractivity contribution in [3.05, 3.63) is 28.8 Å². The Morgan fingerprint density at radius 1 is 1.23 bits per heavy atom. The first-order chi connectivity index (χ1) is 12.2. The molecule has 1 saturated heterocycles. The van der Waals surface area contributed by atoms with Gasteiger partial charge in [0.1, 0.15) is 0 Å². The molecule has 1 aromatic rings. The van der Waals surface area contributed by atoms with Crippen LogP contribution in [0, 0.1) is 0 Å². The van der Waals surface area contributed by atoms with E-state index in [-0.39, 0.29) is 30.1 Å². The highest BCUT2D eigenvalue weighted by molar-refractivity contribution is 6.31. The molecule has 3 rings (SSSR count). The van der Waals surface area contributed by atoms with Gasteiger partial charge in [0, 0.05) is 17.8 Å². The van der Waals surface area contributed by atoms with Gasteiger partial charge in [0.05, 0.1) is 23.0 Å². The van der Waals surface area contributed by atoms with Crippen LogP contribution in [-0.4, -0.2) is 29.9 Å². The fourth-order valence-corrected chi connectivity index (χ4v) is 3.71. The van der Waals surface area contributed by atoms with Gasteiger partial charge in [-0.15, -0.1) is 0 Å². The number of hydrogen-bond acceptors (Lipinski definition) is 3. The highest BCUT2D eigenvalue weighted by atomic mass is 35.5. The van der Waals surface area contributed by atoms with E-state index in [1.165, 1.54) is 6.07 Å². The first-order valence-electron chi connectivity index (χ1n) is 8.47. The average molecular weight is 390 g/mol. The lowest BCUT2D eigenvalue weighted by atomic mass is 9.87. The Bertz CT molecular complexity index is 711. The van der Waals surface area contributed by atoms with Crippen LogP contribution < -0.4 is 16.0 Å². The molecule has 142 valence electrons. The van der Waals surface area contributed by atoms with Crippen LogP contribution in [0.15, 0.2) is 18.2 Å². The monoisotopic (exact) mass is 389 g/mol. The Hall–Kier alpha value is -1.80. The van der Waals surface area contributed by atoms with Gasteiger partial charge in [0.25, 0.3) is 0 Å². The van der Waals surface area contributed by atoms with E-state index in [1.807, 2.05) is 0 Å². The lowest BCUT2D eigenvalue weighted by Gasteiger charge is -2.40. The lowest BCUT2D eigenvalue weighted by molar-refractivity contribution is -0.137. The molecule has 3 atom stereocenters. The molecule has 0 bridgehead atoms. The van der Waals surface area contributed by atoms with Gasteiger partial charge < -0.3 is 16.0 Å². The summed E-state index contributed by atoms with van der Waals surface area (Å²) in [5.41, 5.74) is -1.03. The van der Waals surface area contributed by atoms with Gasteiger partial charge in [0.15, 0.2) is 0 Å². The third-order valence-corrected chi connectivity index (χ3v) is 5.10. The minimum absolute atomic E-state index is 0.0153. The zero-order valence-electron chi connectivity index (χ0n) is 13.8. The molecule has 0 radical (unpaired) electrons. The Labute approximate surface area is 153 Å². The van der Waals surface area contributed by atoms with E-state index >= 15 is 0 Å². The molecular formula is C17H19ClF3N3O2. The summed E-state index contributed by atoms with van der Waals surface area (Å²) in [6.07, 6.45) is -0.805. The Morgan fingerprint density at radius 2 is 1.92 bits per heavy atom. The standard InChI is InChI=1S/C17H19ClF3N3O2/c18-11-6-5-9(7-10(11)17(19,20)21)22-15(25)8-14-16(26)24-13-4-2-1-3-12(13)23-14/h5-7,12-14,23H,1-4,8H2,(H,22,25)(H,24,26)/t12-,13+,14+/m1/s1. The molecule has 5 nitrogen and oxygen atoms in total. The molecule has 2 amide bonds. The molecule has 3 N–H and O–H groups in total. The average Bonchev–Trinajstić information content (AvgIpc) is 2.56. The second-order valence-corrected chi connectivity index (χ2v) is 7.08. The van der Waals surface area contributed by atoms with Crippen molar-refractivity contribution in [1.29, 1.82) is 0 Å². The number of halogens is 4. The van der Waals surface area contributed by atoms with Crippen LogP contribution >= 0.6 is 11.6 Å². The Kier molecular flexibility index (Phi) is 5.43. The van der Waals surface area contributed by atoms with Gasteiger partial charge in [-0.3, -0.25) is 9.59 Å². The highest BCUT2D eigenvalue weighted by Crippen LogP contribution is 2.36. The number of alkyl halides is 3. The van der Waals surface area contributed by atoms with Crippen LogP contribution in [0.3, 0.4) is 0 Å². The van der Waals surface area contributed by atoms with E-state index < -0.39 is 28.7 Å². The molecule has 9 heteroatoms. The van der Waals surface area contributed by atoms with Crippen molar-refractivity contribution in [2.45, 2.75) is 56.4 Å². The molecule has 1 saturated carbocycles. The molecule has 1 aliphatic heterocycles. The summed E-state index contributed by atoms with van der Waals surface area (Å²) in [4.78, 5) is 24.3. The van der Waals surface area contributed by atoms with Crippen molar-refractivity contribution in [3.8, 4) is 0 Å². The van der Waals surface area contributed by atoms with Crippen molar-refractivity contribution in [2.24, 2.45) is 0 Å². The third kappa shape index (κ3) is 4.29. The summed E-state index contributed by atoms with van der Waals surface area (Å²) in [5, 5.41) is 8.09. The molecule has 0 spiro atoms. The second-order valence-electron chi connectivity index (χ2n) is 6.67. The predicted molar refractivity (Wildman–Crippen MR) is 90.8 cm³/mol. The second kappa shape index (κ2) is 7.44. The molecule has 1 heterocycles. The first kappa shape index (κ1) is 19.0. The van der Waals surface area contributed by atoms with Crippen molar-refractivity contribution in [1.82, 2.24) is 10.6 Å². The van der Waals surface area contributed by atoms with Crippen molar-refractivity contribution >= 4 is 29.1 Å². The van der Waals surface area contributed by atoms with Gasteiger partial charge in [0.2, 0.25) is 11.8 Å². The SMILES string of the molecule is O=C(C[C@@H]1N[C@@H]2CCCC[C@@H]2NC1=O)Nc1ccc(Cl)c(C(F)(F)F)c1. The minimum Gasteiger partial charge on any atom is -0.350 e. The van der Waals surface area contributed by atoms with Gasteiger partial charge in [-0.2, -0.15) is 13.2 Å². The van der Waals surface area contributed by atoms with E-state index in [4.69, 9.17) is 11.6 Å². The van der Waals surface area contributed by atoms with Crippen LogP contribution in [0.2, 0.25) is 5.02 Å². The summed E-state index contributed by atoms with van der Waals surface area (Å²) >= 11 is 5.56. The summed E-state index contributed by atoms with van der Waals surface area (Å²) < 4.78 is 38.7.